The molecule has 1 aliphatic rings. The topological polar surface area (TPSA) is 94.0 Å². The van der Waals surface area contributed by atoms with Crippen LogP contribution in [0.25, 0.3) is 22.4 Å². The highest BCUT2D eigenvalue weighted by atomic mass is 16.3. The molecule has 0 fully saturated rings. The summed E-state index contributed by atoms with van der Waals surface area (Å²) in [6.07, 6.45) is 1.77. The van der Waals surface area contributed by atoms with Gasteiger partial charge in [0.25, 0.3) is 0 Å². The largest absolute Gasteiger partial charge is 0.452 e. The lowest BCUT2D eigenvalue weighted by Gasteiger charge is -2.02. The normalized spacial score (nSPS) is 13.5. The highest BCUT2D eigenvalue weighted by molar-refractivity contribution is 6.08. The lowest BCUT2D eigenvalue weighted by molar-refractivity contribution is -0.115. The van der Waals surface area contributed by atoms with Crippen LogP contribution >= 0.6 is 0 Å². The number of benzene rings is 1. The number of para-hydroxylation sites is 1. The Bertz CT molecular complexity index is 854. The molecule has 98 valence electrons. The number of hydrogen-bond donors (Lipinski definition) is 2. The van der Waals surface area contributed by atoms with Crippen molar-refractivity contribution in [3.63, 3.8) is 0 Å². The first-order valence-corrected chi connectivity index (χ1v) is 6.15. The van der Waals surface area contributed by atoms with Crippen molar-refractivity contribution < 1.29 is 9.21 Å². The summed E-state index contributed by atoms with van der Waals surface area (Å²) in [5, 5.41) is 3.72. The van der Waals surface area contributed by atoms with Gasteiger partial charge in [0.05, 0.1) is 12.1 Å². The molecular weight excluding hydrogens is 256 g/mol. The average Bonchev–Trinajstić information content (AvgIpc) is 2.73. The maximum absolute atomic E-state index is 12.0. The number of furan rings is 1. The molecule has 0 saturated carbocycles. The Morgan fingerprint density at radius 2 is 2.15 bits per heavy atom. The highest BCUT2D eigenvalue weighted by Gasteiger charge is 2.26. The van der Waals surface area contributed by atoms with Gasteiger partial charge in [-0.2, -0.15) is 0 Å². The van der Waals surface area contributed by atoms with Gasteiger partial charge in [0.15, 0.2) is 5.76 Å². The van der Waals surface area contributed by atoms with Gasteiger partial charge in [0.2, 0.25) is 11.9 Å². The molecule has 4 rings (SSSR count). The van der Waals surface area contributed by atoms with Gasteiger partial charge in [-0.15, -0.1) is 0 Å². The van der Waals surface area contributed by atoms with Crippen molar-refractivity contribution in [1.82, 2.24) is 9.97 Å². The molecule has 2 aromatic heterocycles. The summed E-state index contributed by atoms with van der Waals surface area (Å²) >= 11 is 0. The summed E-state index contributed by atoms with van der Waals surface area (Å²) in [7, 11) is 0. The molecule has 3 aromatic rings. The summed E-state index contributed by atoms with van der Waals surface area (Å²) in [5.74, 6) is 0.565. The molecule has 1 aliphatic heterocycles. The molecule has 0 bridgehead atoms. The van der Waals surface area contributed by atoms with Gasteiger partial charge in [0, 0.05) is 17.1 Å². The van der Waals surface area contributed by atoms with Crippen molar-refractivity contribution in [2.24, 2.45) is 0 Å². The third kappa shape index (κ3) is 1.48. The molecule has 0 atom stereocenters. The molecule has 0 aliphatic carbocycles. The molecule has 20 heavy (non-hydrogen) atoms. The number of nitrogens with one attached hydrogen (secondary N) is 1. The molecule has 3 heterocycles. The number of amides is 1. The molecule has 1 amide bonds. The summed E-state index contributed by atoms with van der Waals surface area (Å²) in [6.45, 7) is 0. The average molecular weight is 266 g/mol. The second kappa shape index (κ2) is 3.80. The van der Waals surface area contributed by atoms with Gasteiger partial charge in [-0.1, -0.05) is 12.1 Å². The van der Waals surface area contributed by atoms with E-state index < -0.39 is 0 Å². The first-order chi connectivity index (χ1) is 9.72. The number of nitrogen functional groups attached to an aromatic ring is 1. The molecule has 6 heteroatoms. The van der Waals surface area contributed by atoms with Crippen LogP contribution in [0.1, 0.15) is 5.56 Å². The van der Waals surface area contributed by atoms with Crippen LogP contribution in [0, 0.1) is 0 Å². The third-order valence-electron chi connectivity index (χ3n) is 3.31. The van der Waals surface area contributed by atoms with E-state index in [9.17, 15) is 4.79 Å². The minimum absolute atomic E-state index is 0.120. The quantitative estimate of drug-likeness (QED) is 0.648. The van der Waals surface area contributed by atoms with Crippen molar-refractivity contribution in [2.75, 3.05) is 11.1 Å². The number of rotatable bonds is 0. The molecule has 3 N–H and O–H groups in total. The van der Waals surface area contributed by atoms with Crippen LogP contribution in [0.5, 0.6) is 0 Å². The SMILES string of the molecule is Nc1ncc2c(n1)-c1oc3ccccc3c1NC(=O)C2. The van der Waals surface area contributed by atoms with E-state index in [2.05, 4.69) is 15.3 Å². The number of fused-ring (bicyclic) bond motifs is 5. The zero-order valence-electron chi connectivity index (χ0n) is 10.4. The van der Waals surface area contributed by atoms with Gasteiger partial charge in [-0.3, -0.25) is 4.79 Å². The first kappa shape index (κ1) is 11.0. The fraction of sp³-hybridized carbons (Fsp3) is 0.0714. The Hall–Kier alpha value is -2.89. The zero-order valence-corrected chi connectivity index (χ0v) is 10.4. The van der Waals surface area contributed by atoms with Crippen LogP contribution < -0.4 is 11.1 Å². The molecule has 6 nitrogen and oxygen atoms in total. The van der Waals surface area contributed by atoms with E-state index in [0.29, 0.717) is 28.3 Å². The van der Waals surface area contributed by atoms with E-state index in [1.807, 2.05) is 24.3 Å². The van der Waals surface area contributed by atoms with Crippen LogP contribution in [0.4, 0.5) is 11.6 Å². The number of hydrogen-bond acceptors (Lipinski definition) is 5. The van der Waals surface area contributed by atoms with E-state index >= 15 is 0 Å². The van der Waals surface area contributed by atoms with Crippen molar-refractivity contribution >= 4 is 28.5 Å². The fourth-order valence-electron chi connectivity index (χ4n) is 2.44. The van der Waals surface area contributed by atoms with Crippen LogP contribution in [0.15, 0.2) is 34.9 Å². The van der Waals surface area contributed by atoms with E-state index in [4.69, 9.17) is 10.2 Å². The van der Waals surface area contributed by atoms with Crippen molar-refractivity contribution in [3.8, 4) is 11.5 Å². The van der Waals surface area contributed by atoms with Crippen molar-refractivity contribution in [2.45, 2.75) is 6.42 Å². The van der Waals surface area contributed by atoms with Gasteiger partial charge in [0.1, 0.15) is 11.3 Å². The highest BCUT2D eigenvalue weighted by Crippen LogP contribution is 2.40. The van der Waals surface area contributed by atoms with Crippen LogP contribution in [0.3, 0.4) is 0 Å². The van der Waals surface area contributed by atoms with Gasteiger partial charge >= 0.3 is 0 Å². The lowest BCUT2D eigenvalue weighted by Crippen LogP contribution is -2.12. The Labute approximate surface area is 113 Å². The molecule has 1 aromatic carbocycles. The minimum Gasteiger partial charge on any atom is -0.452 e. The summed E-state index contributed by atoms with van der Waals surface area (Å²) in [5.41, 5.74) is 8.26. The predicted octanol–water partition coefficient (Wildman–Crippen LogP) is 1.97. The van der Waals surface area contributed by atoms with E-state index in [1.165, 1.54) is 0 Å². The van der Waals surface area contributed by atoms with E-state index in [-0.39, 0.29) is 18.3 Å². The maximum atomic E-state index is 12.0. The number of anilines is 2. The standard InChI is InChI=1S/C14H10N4O2/c15-14-16-6-7-5-10(19)17-12-8-3-1-2-4-9(8)20-13(12)11(7)18-14/h1-4,6H,5H2,(H,17,19)(H2,15,16,18). The number of carbonyl (C=O) groups is 1. The third-order valence-corrected chi connectivity index (χ3v) is 3.31. The molecule has 0 spiro atoms. The van der Waals surface area contributed by atoms with Crippen molar-refractivity contribution in [1.29, 1.82) is 0 Å². The number of nitrogens with zero attached hydrogens (tertiary/aromatic N) is 2. The Morgan fingerprint density at radius 1 is 1.30 bits per heavy atom. The molecule has 0 radical (unpaired) electrons. The van der Waals surface area contributed by atoms with Gasteiger partial charge < -0.3 is 15.5 Å². The number of carbonyl (C=O) groups excluding carboxylic acids is 1. The Balaban J connectivity index is 2.11. The van der Waals surface area contributed by atoms with Crippen molar-refractivity contribution in [3.05, 3.63) is 36.0 Å². The van der Waals surface area contributed by atoms with Crippen LogP contribution in [-0.4, -0.2) is 15.9 Å². The zero-order chi connectivity index (χ0) is 13.7. The number of aromatic nitrogens is 2. The smallest absolute Gasteiger partial charge is 0.229 e. The van der Waals surface area contributed by atoms with E-state index in [1.54, 1.807) is 6.20 Å². The predicted molar refractivity (Wildman–Crippen MR) is 74.0 cm³/mol. The van der Waals surface area contributed by atoms with Crippen LogP contribution in [0.2, 0.25) is 0 Å². The minimum atomic E-state index is -0.120. The lowest BCUT2D eigenvalue weighted by atomic mass is 10.1. The summed E-state index contributed by atoms with van der Waals surface area (Å²) in [4.78, 5) is 20.2. The van der Waals surface area contributed by atoms with Gasteiger partial charge in [-0.05, 0) is 12.1 Å². The molecule has 0 unspecified atom stereocenters. The fourth-order valence-corrected chi connectivity index (χ4v) is 2.44. The van der Waals surface area contributed by atoms with Gasteiger partial charge in [-0.25, -0.2) is 9.97 Å². The second-order valence-corrected chi connectivity index (χ2v) is 4.63. The summed E-state index contributed by atoms with van der Waals surface area (Å²) < 4.78 is 5.84. The monoisotopic (exact) mass is 266 g/mol. The second-order valence-electron chi connectivity index (χ2n) is 4.63. The number of nitrogens with two attached hydrogens (primary N) is 1. The Morgan fingerprint density at radius 3 is 3.05 bits per heavy atom. The summed E-state index contributed by atoms with van der Waals surface area (Å²) in [6, 6.07) is 7.51. The Kier molecular flexibility index (Phi) is 2.09. The van der Waals surface area contributed by atoms with E-state index in [0.717, 1.165) is 5.39 Å². The first-order valence-electron chi connectivity index (χ1n) is 6.15. The molecule has 0 saturated heterocycles. The maximum Gasteiger partial charge on any atom is 0.229 e. The van der Waals surface area contributed by atoms with Crippen LogP contribution in [-0.2, 0) is 11.2 Å². The molecular formula is C14H10N4O2.